The van der Waals surface area contributed by atoms with Gasteiger partial charge in [0, 0.05) is 0 Å². The monoisotopic (exact) mass is 100 g/mol. The molecular weight excluding hydrogens is 92.1 g/mol. The Morgan fingerprint density at radius 3 is 3.00 bits per heavy atom. The van der Waals surface area contributed by atoms with Gasteiger partial charge in [-0.25, -0.2) is 0 Å². The van der Waals surface area contributed by atoms with Crippen molar-refractivity contribution in [2.75, 3.05) is 6.61 Å². The van der Waals surface area contributed by atoms with Crippen LogP contribution in [-0.4, -0.2) is 17.8 Å². The first kappa shape index (κ1) is 4.65. The van der Waals surface area contributed by atoms with Crippen LogP contribution in [0.15, 0.2) is 12.3 Å². The Morgan fingerprint density at radius 1 is 1.86 bits per heavy atom. The first-order valence-electron chi connectivity index (χ1n) is 2.34. The van der Waals surface area contributed by atoms with Crippen LogP contribution in [0.3, 0.4) is 0 Å². The van der Waals surface area contributed by atoms with Crippen LogP contribution in [-0.2, 0) is 4.74 Å². The molecule has 2 heteroatoms. The molecule has 0 saturated carbocycles. The molecule has 0 spiro atoms. The second kappa shape index (κ2) is 1.98. The van der Waals surface area contributed by atoms with Crippen LogP contribution in [0.5, 0.6) is 0 Å². The van der Waals surface area contributed by atoms with Gasteiger partial charge >= 0.3 is 0 Å². The normalized spacial score (nSPS) is 28.9. The molecule has 0 radical (unpaired) electrons. The van der Waals surface area contributed by atoms with Crippen molar-refractivity contribution in [2.45, 2.75) is 12.5 Å². The van der Waals surface area contributed by atoms with E-state index in [0.717, 1.165) is 19.3 Å². The fraction of sp³-hybridized carbons (Fsp3) is 0.600. The number of hydrogen-bond donors (Lipinski definition) is 1. The molecule has 0 aliphatic carbocycles. The molecule has 1 N–H and O–H groups in total. The highest BCUT2D eigenvalue weighted by Gasteiger charge is 2.19. The van der Waals surface area contributed by atoms with Crippen molar-refractivity contribution < 1.29 is 9.84 Å². The molecule has 1 unspecified atom stereocenters. The van der Waals surface area contributed by atoms with Gasteiger partial charge in [-0.15, -0.1) is 0 Å². The van der Waals surface area contributed by atoms with Gasteiger partial charge in [-0.1, -0.05) is 0 Å². The quantitative estimate of drug-likeness (QED) is 0.412. The summed E-state index contributed by atoms with van der Waals surface area (Å²) in [6.07, 6.45) is 4.01. The third-order valence-electron chi connectivity index (χ3n) is 0.907. The molecule has 0 aromatic rings. The van der Waals surface area contributed by atoms with Gasteiger partial charge in [0.15, 0.2) is 0 Å². The SMILES string of the molecule is OC=CCC1CO1. The molecule has 1 aliphatic heterocycles. The average Bonchev–Trinajstić information content (AvgIpc) is 2.42. The Hall–Kier alpha value is -0.500. The summed E-state index contributed by atoms with van der Waals surface area (Å²) in [4.78, 5) is 0. The first-order chi connectivity index (χ1) is 3.43. The Kier molecular flexibility index (Phi) is 1.32. The number of rotatable bonds is 2. The maximum Gasteiger partial charge on any atom is 0.0845 e. The standard InChI is InChI=1S/C5H8O2/c6-3-1-2-5-4-7-5/h1,3,5-6H,2,4H2. The van der Waals surface area contributed by atoms with Gasteiger partial charge in [-0.05, 0) is 12.5 Å². The largest absolute Gasteiger partial charge is 0.516 e. The molecule has 1 rings (SSSR count). The van der Waals surface area contributed by atoms with Crippen molar-refractivity contribution in [3.05, 3.63) is 12.3 Å². The topological polar surface area (TPSA) is 32.8 Å². The molecule has 1 fully saturated rings. The summed E-state index contributed by atoms with van der Waals surface area (Å²) in [5.74, 6) is 0. The molecule has 0 aromatic heterocycles. The van der Waals surface area contributed by atoms with Crippen LogP contribution in [0.4, 0.5) is 0 Å². The number of aliphatic hydroxyl groups is 1. The molecule has 0 aromatic carbocycles. The fourth-order valence-electron chi connectivity index (χ4n) is 0.417. The van der Waals surface area contributed by atoms with E-state index in [2.05, 4.69) is 0 Å². The lowest BCUT2D eigenvalue weighted by molar-refractivity contribution is 0.406. The minimum Gasteiger partial charge on any atom is -0.516 e. The Labute approximate surface area is 42.4 Å². The van der Waals surface area contributed by atoms with Gasteiger partial charge in [0.1, 0.15) is 0 Å². The summed E-state index contributed by atoms with van der Waals surface area (Å²) >= 11 is 0. The summed E-state index contributed by atoms with van der Waals surface area (Å²) in [7, 11) is 0. The number of aliphatic hydroxyl groups excluding tert-OH is 1. The van der Waals surface area contributed by atoms with Crippen LogP contribution in [0, 0.1) is 0 Å². The summed E-state index contributed by atoms with van der Waals surface area (Å²) in [6.45, 7) is 0.865. The summed E-state index contributed by atoms with van der Waals surface area (Å²) in [6, 6.07) is 0. The minimum absolute atomic E-state index is 0.406. The van der Waals surface area contributed by atoms with Crippen molar-refractivity contribution >= 4 is 0 Å². The predicted molar refractivity (Wildman–Crippen MR) is 26.1 cm³/mol. The molecule has 0 bridgehead atoms. The van der Waals surface area contributed by atoms with Crippen molar-refractivity contribution in [3.63, 3.8) is 0 Å². The van der Waals surface area contributed by atoms with E-state index in [1.54, 1.807) is 6.08 Å². The van der Waals surface area contributed by atoms with Gasteiger partial charge < -0.3 is 9.84 Å². The number of ether oxygens (including phenoxy) is 1. The van der Waals surface area contributed by atoms with Crippen LogP contribution < -0.4 is 0 Å². The minimum atomic E-state index is 0.406. The molecule has 1 heterocycles. The highest BCUT2D eigenvalue weighted by atomic mass is 16.6. The molecular formula is C5H8O2. The van der Waals surface area contributed by atoms with Gasteiger partial charge in [0.05, 0.1) is 19.0 Å². The second-order valence-electron chi connectivity index (χ2n) is 1.58. The second-order valence-corrected chi connectivity index (χ2v) is 1.58. The summed E-state index contributed by atoms with van der Waals surface area (Å²) in [5, 5.41) is 8.11. The lowest BCUT2D eigenvalue weighted by Crippen LogP contribution is -1.77. The number of hydrogen-bond acceptors (Lipinski definition) is 2. The maximum absolute atomic E-state index is 8.11. The van der Waals surface area contributed by atoms with Crippen LogP contribution >= 0.6 is 0 Å². The zero-order valence-electron chi connectivity index (χ0n) is 4.00. The van der Waals surface area contributed by atoms with Gasteiger partial charge in [-0.3, -0.25) is 0 Å². The zero-order valence-corrected chi connectivity index (χ0v) is 4.00. The van der Waals surface area contributed by atoms with E-state index in [4.69, 9.17) is 9.84 Å². The van der Waals surface area contributed by atoms with Crippen molar-refractivity contribution in [1.82, 2.24) is 0 Å². The van der Waals surface area contributed by atoms with E-state index in [9.17, 15) is 0 Å². The van der Waals surface area contributed by atoms with Gasteiger partial charge in [0.2, 0.25) is 0 Å². The summed E-state index contributed by atoms with van der Waals surface area (Å²) in [5.41, 5.74) is 0. The van der Waals surface area contributed by atoms with Crippen molar-refractivity contribution in [1.29, 1.82) is 0 Å². The number of epoxide rings is 1. The molecule has 0 amide bonds. The lowest BCUT2D eigenvalue weighted by Gasteiger charge is -1.76. The van der Waals surface area contributed by atoms with Crippen LogP contribution in [0.25, 0.3) is 0 Å². The smallest absolute Gasteiger partial charge is 0.0845 e. The molecule has 1 aliphatic rings. The maximum atomic E-state index is 8.11. The van der Waals surface area contributed by atoms with Crippen molar-refractivity contribution in [3.8, 4) is 0 Å². The van der Waals surface area contributed by atoms with Crippen LogP contribution in [0.2, 0.25) is 0 Å². The van der Waals surface area contributed by atoms with E-state index < -0.39 is 0 Å². The molecule has 1 saturated heterocycles. The van der Waals surface area contributed by atoms with Gasteiger partial charge in [-0.2, -0.15) is 0 Å². The van der Waals surface area contributed by atoms with E-state index in [1.165, 1.54) is 0 Å². The van der Waals surface area contributed by atoms with Crippen molar-refractivity contribution in [2.24, 2.45) is 0 Å². The molecule has 7 heavy (non-hydrogen) atoms. The highest BCUT2D eigenvalue weighted by Crippen LogP contribution is 2.12. The highest BCUT2D eigenvalue weighted by molar-refractivity contribution is 4.82. The summed E-state index contributed by atoms with van der Waals surface area (Å²) < 4.78 is 4.85. The molecule has 2 nitrogen and oxygen atoms in total. The molecule has 1 atom stereocenters. The van der Waals surface area contributed by atoms with E-state index in [1.807, 2.05) is 0 Å². The van der Waals surface area contributed by atoms with E-state index in [0.29, 0.717) is 6.10 Å². The van der Waals surface area contributed by atoms with E-state index in [-0.39, 0.29) is 0 Å². The Bertz CT molecular complexity index is 74.1. The predicted octanol–water partition coefficient (Wildman–Crippen LogP) is 0.847. The third-order valence-corrected chi connectivity index (χ3v) is 0.907. The van der Waals surface area contributed by atoms with Gasteiger partial charge in [0.25, 0.3) is 0 Å². The van der Waals surface area contributed by atoms with Crippen LogP contribution in [0.1, 0.15) is 6.42 Å². The fourth-order valence-corrected chi connectivity index (χ4v) is 0.417. The molecule has 40 valence electrons. The Morgan fingerprint density at radius 2 is 2.57 bits per heavy atom. The third kappa shape index (κ3) is 1.59. The lowest BCUT2D eigenvalue weighted by atomic mass is 10.3. The zero-order chi connectivity index (χ0) is 5.11. The van der Waals surface area contributed by atoms with E-state index >= 15 is 0 Å². The average molecular weight is 100 g/mol. The first-order valence-corrected chi connectivity index (χ1v) is 2.34. The Balaban J connectivity index is 1.98.